The molecule has 5 N–H and O–H groups in total. The number of amides is 1. The van der Waals surface area contributed by atoms with Crippen molar-refractivity contribution in [3.05, 3.63) is 40.8 Å². The van der Waals surface area contributed by atoms with Crippen LogP contribution in [0.5, 0.6) is 0 Å². The second kappa shape index (κ2) is 7.37. The lowest BCUT2D eigenvalue weighted by atomic mass is 9.94. The number of nitrogens with one attached hydrogen (secondary N) is 3. The second-order valence-corrected chi connectivity index (χ2v) is 5.88. The van der Waals surface area contributed by atoms with Crippen LogP contribution in [0.3, 0.4) is 0 Å². The Kier molecular flexibility index (Phi) is 5.50. The number of rotatable bonds is 2. The Balaban J connectivity index is 2.60. The van der Waals surface area contributed by atoms with Gasteiger partial charge in [0, 0.05) is 30.8 Å². The lowest BCUT2D eigenvalue weighted by Crippen LogP contribution is -2.31. The highest BCUT2D eigenvalue weighted by molar-refractivity contribution is 5.95. The van der Waals surface area contributed by atoms with Crippen molar-refractivity contribution in [2.45, 2.75) is 32.2 Å². The summed E-state index contributed by atoms with van der Waals surface area (Å²) in [4.78, 5) is 12.3. The summed E-state index contributed by atoms with van der Waals surface area (Å²) in [6.45, 7) is 1.85. The monoisotopic (exact) mass is 318 g/mol. The van der Waals surface area contributed by atoms with E-state index in [4.69, 9.17) is 11.1 Å². The number of nitrogens with two attached hydrogens (primary N) is 1. The van der Waals surface area contributed by atoms with E-state index in [0.717, 1.165) is 18.2 Å². The van der Waals surface area contributed by atoms with Crippen molar-refractivity contribution >= 4 is 17.8 Å². The van der Waals surface area contributed by atoms with Crippen LogP contribution in [0.15, 0.2) is 23.9 Å². The zero-order chi connectivity index (χ0) is 17.0. The van der Waals surface area contributed by atoms with Crippen LogP contribution < -0.4 is 16.4 Å². The summed E-state index contributed by atoms with van der Waals surface area (Å²) >= 11 is 0. The maximum atomic E-state index is 14.0. The molecule has 1 aromatic carbocycles. The normalized spacial score (nSPS) is 25.8. The molecule has 2 atom stereocenters. The van der Waals surface area contributed by atoms with Gasteiger partial charge in [0.1, 0.15) is 5.82 Å². The van der Waals surface area contributed by atoms with E-state index in [1.165, 1.54) is 12.1 Å². The maximum absolute atomic E-state index is 14.0. The molecule has 0 aromatic heterocycles. The van der Waals surface area contributed by atoms with Gasteiger partial charge in [-0.05, 0) is 36.6 Å². The van der Waals surface area contributed by atoms with Gasteiger partial charge in [-0.15, -0.1) is 0 Å². The smallest absolute Gasteiger partial charge is 0.227 e. The van der Waals surface area contributed by atoms with Crippen molar-refractivity contribution in [2.75, 3.05) is 7.05 Å². The van der Waals surface area contributed by atoms with Gasteiger partial charge in [0.25, 0.3) is 0 Å². The first-order chi connectivity index (χ1) is 11.0. The van der Waals surface area contributed by atoms with Gasteiger partial charge in [-0.1, -0.05) is 13.3 Å². The molecule has 124 valence electrons. The van der Waals surface area contributed by atoms with Crippen LogP contribution in [0, 0.1) is 17.1 Å². The SMILES string of the molecule is CN/C1=C(\C=N)NC(=O)C(C)CCC[C@H](N)c2cc(F)cc1c2. The molecule has 1 heterocycles. The molecule has 0 fully saturated rings. The molecule has 2 bridgehead atoms. The molecule has 0 spiro atoms. The number of hydrogen-bond donors (Lipinski definition) is 4. The Morgan fingerprint density at radius 3 is 2.78 bits per heavy atom. The fourth-order valence-electron chi connectivity index (χ4n) is 2.77. The highest BCUT2D eigenvalue weighted by Crippen LogP contribution is 2.25. The summed E-state index contributed by atoms with van der Waals surface area (Å²) in [7, 11) is 1.67. The van der Waals surface area contributed by atoms with Gasteiger partial charge in [0.05, 0.1) is 11.4 Å². The van der Waals surface area contributed by atoms with Gasteiger partial charge in [0.15, 0.2) is 0 Å². The number of hydrogen-bond acceptors (Lipinski definition) is 4. The zero-order valence-electron chi connectivity index (χ0n) is 13.4. The lowest BCUT2D eigenvalue weighted by molar-refractivity contribution is -0.123. The first kappa shape index (κ1) is 17.1. The van der Waals surface area contributed by atoms with E-state index < -0.39 is 0 Å². The Morgan fingerprint density at radius 2 is 2.13 bits per heavy atom. The summed E-state index contributed by atoms with van der Waals surface area (Å²) in [6.07, 6.45) is 3.23. The summed E-state index contributed by atoms with van der Waals surface area (Å²) < 4.78 is 14.0. The number of carbonyl (C=O) groups excluding carboxylic acids is 1. The number of allylic oxidation sites excluding steroid dienone is 1. The van der Waals surface area contributed by atoms with Crippen molar-refractivity contribution in [1.29, 1.82) is 5.41 Å². The van der Waals surface area contributed by atoms with E-state index in [0.29, 0.717) is 29.8 Å². The molecule has 1 unspecified atom stereocenters. The number of benzene rings is 1. The third kappa shape index (κ3) is 3.96. The van der Waals surface area contributed by atoms with Crippen molar-refractivity contribution in [3.63, 3.8) is 0 Å². The zero-order valence-corrected chi connectivity index (χ0v) is 13.4. The lowest BCUT2D eigenvalue weighted by Gasteiger charge is -2.20. The van der Waals surface area contributed by atoms with E-state index in [9.17, 15) is 9.18 Å². The quantitative estimate of drug-likeness (QED) is 0.631. The maximum Gasteiger partial charge on any atom is 0.227 e. The molecule has 23 heavy (non-hydrogen) atoms. The number of carbonyl (C=O) groups is 1. The predicted octanol–water partition coefficient (Wildman–Crippen LogP) is 2.30. The van der Waals surface area contributed by atoms with Crippen molar-refractivity contribution in [3.8, 4) is 0 Å². The third-order valence-corrected chi connectivity index (χ3v) is 4.16. The molecule has 1 aromatic rings. The fourth-order valence-corrected chi connectivity index (χ4v) is 2.77. The minimum Gasteiger partial charge on any atom is -0.386 e. The molecule has 6 heteroatoms. The summed E-state index contributed by atoms with van der Waals surface area (Å²) in [6, 6.07) is 4.34. The summed E-state index contributed by atoms with van der Waals surface area (Å²) in [5.74, 6) is -0.714. The minimum absolute atomic E-state index is 0.151. The van der Waals surface area contributed by atoms with Gasteiger partial charge < -0.3 is 21.8 Å². The van der Waals surface area contributed by atoms with E-state index in [-0.39, 0.29) is 23.7 Å². The molecule has 5 nitrogen and oxygen atoms in total. The molecule has 2 rings (SSSR count). The van der Waals surface area contributed by atoms with E-state index in [2.05, 4.69) is 10.6 Å². The van der Waals surface area contributed by atoms with Crippen molar-refractivity contribution in [1.82, 2.24) is 10.6 Å². The molecule has 0 saturated heterocycles. The van der Waals surface area contributed by atoms with Gasteiger partial charge in [-0.25, -0.2) is 4.39 Å². The van der Waals surface area contributed by atoms with Crippen LogP contribution in [0.4, 0.5) is 4.39 Å². The molecule has 1 aliphatic rings. The van der Waals surface area contributed by atoms with E-state index in [1.807, 2.05) is 6.92 Å². The van der Waals surface area contributed by atoms with E-state index >= 15 is 0 Å². The van der Waals surface area contributed by atoms with Crippen LogP contribution in [-0.2, 0) is 4.79 Å². The van der Waals surface area contributed by atoms with Gasteiger partial charge in [-0.3, -0.25) is 4.79 Å². The standard InChI is InChI=1S/C17H23FN4O/c1-10-4-3-5-14(20)11-6-12(8-13(18)7-11)16(21-2)15(9-19)22-17(10)23/h6-10,14,19,21H,3-5,20H2,1-2H3,(H,22,23)/b16-15+,19-9?/t10?,14-/m0/s1. The molecular weight excluding hydrogens is 295 g/mol. The van der Waals surface area contributed by atoms with Crippen molar-refractivity contribution < 1.29 is 9.18 Å². The molecule has 0 saturated carbocycles. The summed E-state index contributed by atoms with van der Waals surface area (Å²) in [5, 5.41) is 13.3. The Hall–Kier alpha value is -2.21. The highest BCUT2D eigenvalue weighted by Gasteiger charge is 2.19. The van der Waals surface area contributed by atoms with Gasteiger partial charge >= 0.3 is 0 Å². The summed E-state index contributed by atoms with van der Waals surface area (Å²) in [5.41, 5.74) is 8.26. The number of halogens is 1. The predicted molar refractivity (Wildman–Crippen MR) is 89.2 cm³/mol. The highest BCUT2D eigenvalue weighted by atomic mass is 19.1. The van der Waals surface area contributed by atoms with Crippen LogP contribution in [-0.4, -0.2) is 19.2 Å². The number of fused-ring (bicyclic) bond motifs is 2. The molecule has 1 amide bonds. The Bertz CT molecular complexity index is 641. The fraction of sp³-hybridized carbons (Fsp3) is 0.412. The van der Waals surface area contributed by atoms with Crippen molar-refractivity contribution in [2.24, 2.45) is 11.7 Å². The molecule has 0 radical (unpaired) electrons. The second-order valence-electron chi connectivity index (χ2n) is 5.88. The third-order valence-electron chi connectivity index (χ3n) is 4.16. The average molecular weight is 318 g/mol. The largest absolute Gasteiger partial charge is 0.386 e. The van der Waals surface area contributed by atoms with Crippen LogP contribution >= 0.6 is 0 Å². The molecular formula is C17H23FN4O. The van der Waals surface area contributed by atoms with Gasteiger partial charge in [0.2, 0.25) is 5.91 Å². The molecule has 0 aliphatic carbocycles. The van der Waals surface area contributed by atoms with Crippen LogP contribution in [0.2, 0.25) is 0 Å². The first-order valence-electron chi connectivity index (χ1n) is 7.76. The first-order valence-corrected chi connectivity index (χ1v) is 7.76. The van der Waals surface area contributed by atoms with E-state index in [1.54, 1.807) is 13.1 Å². The van der Waals surface area contributed by atoms with Gasteiger partial charge in [-0.2, -0.15) is 0 Å². The van der Waals surface area contributed by atoms with Crippen LogP contribution in [0.25, 0.3) is 5.70 Å². The topological polar surface area (TPSA) is 91.0 Å². The Labute approximate surface area is 135 Å². The van der Waals surface area contributed by atoms with Crippen LogP contribution in [0.1, 0.15) is 43.4 Å². The average Bonchev–Trinajstić information content (AvgIpc) is 2.52. The minimum atomic E-state index is -0.387. The molecule has 1 aliphatic heterocycles. The Morgan fingerprint density at radius 1 is 1.39 bits per heavy atom.